The van der Waals surface area contributed by atoms with Gasteiger partial charge in [-0.3, -0.25) is 0 Å². The zero-order chi connectivity index (χ0) is 10.0. The van der Waals surface area contributed by atoms with Crippen molar-refractivity contribution in [2.45, 2.75) is 44.3 Å². The highest BCUT2D eigenvalue weighted by molar-refractivity contribution is 4.92. The molecule has 0 saturated carbocycles. The summed E-state index contributed by atoms with van der Waals surface area (Å²) in [5.74, 6) is 0. The average Bonchev–Trinajstić information content (AvgIpc) is 2.48. The van der Waals surface area contributed by atoms with E-state index in [4.69, 9.17) is 4.74 Å². The highest BCUT2D eigenvalue weighted by Crippen LogP contribution is 2.27. The van der Waals surface area contributed by atoms with Gasteiger partial charge in [0, 0.05) is 19.6 Å². The van der Waals surface area contributed by atoms with Crippen LogP contribution in [0.5, 0.6) is 0 Å². The zero-order valence-corrected chi connectivity index (χ0v) is 9.04. The Morgan fingerprint density at radius 2 is 2.07 bits per heavy atom. The smallest absolute Gasteiger partial charge is 0.105 e. The van der Waals surface area contributed by atoms with Gasteiger partial charge >= 0.3 is 0 Å². The van der Waals surface area contributed by atoms with Gasteiger partial charge in [0.2, 0.25) is 0 Å². The molecule has 0 aliphatic carbocycles. The number of nitrogens with zero attached hydrogens (tertiary/aromatic N) is 1. The molecule has 2 unspecified atom stereocenters. The van der Waals surface area contributed by atoms with Crippen LogP contribution in [0.2, 0.25) is 0 Å². The second-order valence-electron chi connectivity index (χ2n) is 4.70. The van der Waals surface area contributed by atoms with Crippen LogP contribution < -0.4 is 0 Å². The number of hydrogen-bond acceptors (Lipinski definition) is 3. The Bertz CT molecular complexity index is 192. The van der Waals surface area contributed by atoms with E-state index in [1.807, 2.05) is 6.92 Å². The highest BCUT2D eigenvalue weighted by atomic mass is 16.5. The largest absolute Gasteiger partial charge is 0.386 e. The topological polar surface area (TPSA) is 32.7 Å². The van der Waals surface area contributed by atoms with Crippen molar-refractivity contribution in [2.24, 2.45) is 0 Å². The maximum atomic E-state index is 10.3. The van der Waals surface area contributed by atoms with Gasteiger partial charge in [0.1, 0.15) is 5.60 Å². The maximum absolute atomic E-state index is 10.3. The lowest BCUT2D eigenvalue weighted by molar-refractivity contribution is -0.0513. The fourth-order valence-corrected chi connectivity index (χ4v) is 2.48. The fourth-order valence-electron chi connectivity index (χ4n) is 2.48. The highest BCUT2D eigenvalue weighted by Gasteiger charge is 2.40. The molecule has 0 radical (unpaired) electrons. The second kappa shape index (κ2) is 4.17. The van der Waals surface area contributed by atoms with Crippen LogP contribution in [0, 0.1) is 0 Å². The first-order valence-corrected chi connectivity index (χ1v) is 5.77. The molecule has 2 saturated heterocycles. The molecule has 0 spiro atoms. The Hall–Kier alpha value is -0.120. The fraction of sp³-hybridized carbons (Fsp3) is 1.00. The van der Waals surface area contributed by atoms with Gasteiger partial charge in [0.25, 0.3) is 0 Å². The van der Waals surface area contributed by atoms with Crippen LogP contribution in [-0.4, -0.2) is 48.0 Å². The summed E-state index contributed by atoms with van der Waals surface area (Å²) >= 11 is 0. The third kappa shape index (κ3) is 2.10. The predicted molar refractivity (Wildman–Crippen MR) is 55.3 cm³/mol. The first kappa shape index (κ1) is 10.4. The van der Waals surface area contributed by atoms with E-state index in [9.17, 15) is 5.11 Å². The summed E-state index contributed by atoms with van der Waals surface area (Å²) in [6, 6.07) is 0. The van der Waals surface area contributed by atoms with Crippen LogP contribution in [-0.2, 0) is 4.74 Å². The number of rotatable bonds is 2. The van der Waals surface area contributed by atoms with E-state index in [0.717, 1.165) is 26.1 Å². The van der Waals surface area contributed by atoms with Gasteiger partial charge in [-0.1, -0.05) is 6.42 Å². The molecule has 3 heteroatoms. The Balaban J connectivity index is 1.88. The summed E-state index contributed by atoms with van der Waals surface area (Å²) < 4.78 is 5.43. The summed E-state index contributed by atoms with van der Waals surface area (Å²) in [6.07, 6.45) is 4.71. The lowest BCUT2D eigenvalue weighted by Gasteiger charge is -2.35. The molecule has 2 atom stereocenters. The van der Waals surface area contributed by atoms with Gasteiger partial charge in [0.05, 0.1) is 6.10 Å². The molecule has 2 aliphatic rings. The Morgan fingerprint density at radius 3 is 2.64 bits per heavy atom. The summed E-state index contributed by atoms with van der Waals surface area (Å²) in [7, 11) is 0. The second-order valence-corrected chi connectivity index (χ2v) is 4.70. The van der Waals surface area contributed by atoms with Crippen LogP contribution in [0.15, 0.2) is 0 Å². The number of likely N-dealkylation sites (tertiary alicyclic amines) is 1. The average molecular weight is 199 g/mol. The van der Waals surface area contributed by atoms with Gasteiger partial charge in [-0.05, 0) is 32.9 Å². The SMILES string of the molecule is CC1OCCC1(O)CN1CCCCC1. The lowest BCUT2D eigenvalue weighted by atomic mass is 9.95. The molecule has 0 bridgehead atoms. The van der Waals surface area contributed by atoms with E-state index < -0.39 is 5.60 Å². The van der Waals surface area contributed by atoms with Gasteiger partial charge < -0.3 is 14.7 Å². The Morgan fingerprint density at radius 1 is 1.36 bits per heavy atom. The Kier molecular flexibility index (Phi) is 3.10. The van der Waals surface area contributed by atoms with Crippen molar-refractivity contribution in [1.82, 2.24) is 4.90 Å². The molecule has 0 aromatic carbocycles. The molecule has 82 valence electrons. The van der Waals surface area contributed by atoms with Crippen molar-refractivity contribution in [3.05, 3.63) is 0 Å². The van der Waals surface area contributed by atoms with Crippen LogP contribution >= 0.6 is 0 Å². The third-order valence-corrected chi connectivity index (χ3v) is 3.61. The van der Waals surface area contributed by atoms with E-state index in [2.05, 4.69) is 4.90 Å². The zero-order valence-electron chi connectivity index (χ0n) is 9.04. The van der Waals surface area contributed by atoms with E-state index in [0.29, 0.717) is 6.61 Å². The van der Waals surface area contributed by atoms with Crippen LogP contribution in [0.1, 0.15) is 32.6 Å². The molecule has 14 heavy (non-hydrogen) atoms. The van der Waals surface area contributed by atoms with Crippen molar-refractivity contribution in [3.63, 3.8) is 0 Å². The molecule has 3 nitrogen and oxygen atoms in total. The summed E-state index contributed by atoms with van der Waals surface area (Å²) in [6.45, 7) is 5.79. The van der Waals surface area contributed by atoms with Gasteiger partial charge in [-0.25, -0.2) is 0 Å². The molecule has 0 amide bonds. The summed E-state index contributed by atoms with van der Waals surface area (Å²) in [5, 5.41) is 10.3. The van der Waals surface area contributed by atoms with E-state index in [1.54, 1.807) is 0 Å². The van der Waals surface area contributed by atoms with Crippen molar-refractivity contribution in [2.75, 3.05) is 26.2 Å². The van der Waals surface area contributed by atoms with Gasteiger partial charge in [0.15, 0.2) is 0 Å². The number of hydrogen-bond donors (Lipinski definition) is 1. The lowest BCUT2D eigenvalue weighted by Crippen LogP contribution is -2.48. The summed E-state index contributed by atoms with van der Waals surface area (Å²) in [4.78, 5) is 2.38. The first-order valence-electron chi connectivity index (χ1n) is 5.77. The number of β-amino-alcohol motifs (C(OH)–C–C–N with tert-alkyl or cyclic N) is 1. The quantitative estimate of drug-likeness (QED) is 0.720. The minimum absolute atomic E-state index is 0.00410. The van der Waals surface area contributed by atoms with Crippen LogP contribution in [0.4, 0.5) is 0 Å². The number of piperidine rings is 1. The maximum Gasteiger partial charge on any atom is 0.105 e. The van der Waals surface area contributed by atoms with Crippen LogP contribution in [0.25, 0.3) is 0 Å². The molecule has 2 heterocycles. The monoisotopic (exact) mass is 199 g/mol. The molecule has 0 aromatic heterocycles. The summed E-state index contributed by atoms with van der Waals surface area (Å²) in [5.41, 5.74) is -0.586. The molecular weight excluding hydrogens is 178 g/mol. The normalized spacial score (nSPS) is 40.3. The van der Waals surface area contributed by atoms with Crippen LogP contribution in [0.3, 0.4) is 0 Å². The van der Waals surface area contributed by atoms with E-state index in [1.165, 1.54) is 19.3 Å². The number of aliphatic hydroxyl groups is 1. The minimum atomic E-state index is -0.586. The molecule has 0 aromatic rings. The van der Waals surface area contributed by atoms with Gasteiger partial charge in [-0.15, -0.1) is 0 Å². The minimum Gasteiger partial charge on any atom is -0.386 e. The molecule has 1 N–H and O–H groups in total. The third-order valence-electron chi connectivity index (χ3n) is 3.61. The van der Waals surface area contributed by atoms with Crippen molar-refractivity contribution >= 4 is 0 Å². The molecule has 2 aliphatic heterocycles. The van der Waals surface area contributed by atoms with E-state index in [-0.39, 0.29) is 6.10 Å². The predicted octanol–water partition coefficient (Wildman–Crippen LogP) is 1.01. The first-order chi connectivity index (χ1) is 6.71. The molecular formula is C11H21NO2. The molecule has 2 rings (SSSR count). The number of ether oxygens (including phenoxy) is 1. The van der Waals surface area contributed by atoms with Crippen molar-refractivity contribution in [1.29, 1.82) is 0 Å². The van der Waals surface area contributed by atoms with E-state index >= 15 is 0 Å². The standard InChI is InChI=1S/C11H21NO2/c1-10-11(13,5-8-14-10)9-12-6-3-2-4-7-12/h10,13H,2-9H2,1H3. The Labute approximate surface area is 86.0 Å². The van der Waals surface area contributed by atoms with Crippen molar-refractivity contribution < 1.29 is 9.84 Å². The van der Waals surface area contributed by atoms with Crippen molar-refractivity contribution in [3.8, 4) is 0 Å². The molecule has 2 fully saturated rings. The van der Waals surface area contributed by atoms with Gasteiger partial charge in [-0.2, -0.15) is 0 Å².